The highest BCUT2D eigenvalue weighted by Crippen LogP contribution is 2.26. The molecule has 2 aromatic rings. The van der Waals surface area contributed by atoms with Crippen molar-refractivity contribution in [2.45, 2.75) is 6.92 Å². The van der Waals surface area contributed by atoms with Crippen molar-refractivity contribution in [2.75, 3.05) is 38.3 Å². The minimum atomic E-state index is -0.221. The van der Waals surface area contributed by atoms with Gasteiger partial charge in [0.2, 0.25) is 0 Å². The van der Waals surface area contributed by atoms with Crippen molar-refractivity contribution in [3.05, 3.63) is 53.3 Å². The zero-order valence-corrected chi connectivity index (χ0v) is 14.0. The van der Waals surface area contributed by atoms with Crippen molar-refractivity contribution in [1.82, 2.24) is 0 Å². The van der Waals surface area contributed by atoms with E-state index < -0.39 is 0 Å². The first-order valence-electron chi connectivity index (χ1n) is 7.98. The lowest BCUT2D eigenvalue weighted by Gasteiger charge is -2.29. The SMILES string of the molecule is COc1cc(N2CCOCC2)ccc1C=Nc1ccc(F)c(C)c1. The number of aliphatic imine (C=N–C) groups is 1. The maximum Gasteiger partial charge on any atom is 0.129 e. The molecule has 1 aliphatic rings. The third-order valence-corrected chi connectivity index (χ3v) is 4.09. The van der Waals surface area contributed by atoms with Gasteiger partial charge in [0.15, 0.2) is 0 Å². The quantitative estimate of drug-likeness (QED) is 0.802. The van der Waals surface area contributed by atoms with Crippen LogP contribution in [-0.4, -0.2) is 39.6 Å². The predicted octanol–water partition coefficient (Wildman–Crippen LogP) is 3.73. The summed E-state index contributed by atoms with van der Waals surface area (Å²) >= 11 is 0. The van der Waals surface area contributed by atoms with Gasteiger partial charge in [-0.1, -0.05) is 0 Å². The van der Waals surface area contributed by atoms with E-state index in [1.807, 2.05) is 12.1 Å². The number of anilines is 1. The number of hydrogen-bond donors (Lipinski definition) is 0. The van der Waals surface area contributed by atoms with E-state index in [9.17, 15) is 4.39 Å². The zero-order chi connectivity index (χ0) is 16.9. The second-order valence-electron chi connectivity index (χ2n) is 5.72. The van der Waals surface area contributed by atoms with Crippen LogP contribution in [-0.2, 0) is 4.74 Å². The van der Waals surface area contributed by atoms with Crippen LogP contribution in [0.25, 0.3) is 0 Å². The van der Waals surface area contributed by atoms with Crippen LogP contribution >= 0.6 is 0 Å². The Balaban J connectivity index is 1.82. The molecule has 3 rings (SSSR count). The standard InChI is InChI=1S/C19H21FN2O2/c1-14-11-16(4-6-18(14)20)21-13-15-3-5-17(12-19(15)23-2)22-7-9-24-10-8-22/h3-6,11-13H,7-10H2,1-2H3. The number of nitrogens with zero attached hydrogens (tertiary/aromatic N) is 2. The molecule has 0 spiro atoms. The number of benzene rings is 2. The zero-order valence-electron chi connectivity index (χ0n) is 14.0. The van der Waals surface area contributed by atoms with Crippen molar-refractivity contribution in [2.24, 2.45) is 4.99 Å². The highest BCUT2D eigenvalue weighted by molar-refractivity contribution is 5.86. The Bertz CT molecular complexity index is 740. The van der Waals surface area contributed by atoms with Gasteiger partial charge in [-0.3, -0.25) is 4.99 Å². The first kappa shape index (κ1) is 16.5. The molecule has 4 nitrogen and oxygen atoms in total. The van der Waals surface area contributed by atoms with Gasteiger partial charge in [-0.25, -0.2) is 4.39 Å². The Kier molecular flexibility index (Phi) is 5.11. The van der Waals surface area contributed by atoms with Gasteiger partial charge in [0.1, 0.15) is 11.6 Å². The summed E-state index contributed by atoms with van der Waals surface area (Å²) in [5.74, 6) is 0.544. The molecule has 0 radical (unpaired) electrons. The molecular formula is C19H21FN2O2. The molecule has 0 unspecified atom stereocenters. The van der Waals surface area contributed by atoms with E-state index in [1.165, 1.54) is 6.07 Å². The molecule has 0 bridgehead atoms. The highest BCUT2D eigenvalue weighted by Gasteiger charge is 2.13. The Morgan fingerprint density at radius 3 is 2.67 bits per heavy atom. The third kappa shape index (κ3) is 3.74. The summed E-state index contributed by atoms with van der Waals surface area (Å²) in [5, 5.41) is 0. The van der Waals surface area contributed by atoms with Crippen molar-refractivity contribution < 1.29 is 13.9 Å². The molecule has 0 saturated carbocycles. The molecule has 5 heteroatoms. The molecule has 1 aliphatic heterocycles. The van der Waals surface area contributed by atoms with Gasteiger partial charge in [0.25, 0.3) is 0 Å². The second kappa shape index (κ2) is 7.45. The normalized spacial score (nSPS) is 15.0. The Morgan fingerprint density at radius 2 is 1.96 bits per heavy atom. The average molecular weight is 328 g/mol. The summed E-state index contributed by atoms with van der Waals surface area (Å²) < 4.78 is 24.2. The van der Waals surface area contributed by atoms with Gasteiger partial charge in [0, 0.05) is 36.6 Å². The number of aryl methyl sites for hydroxylation is 1. The van der Waals surface area contributed by atoms with E-state index >= 15 is 0 Å². The van der Waals surface area contributed by atoms with Crippen molar-refractivity contribution in [3.8, 4) is 5.75 Å². The summed E-state index contributed by atoms with van der Waals surface area (Å²) in [6.07, 6.45) is 1.74. The molecule has 1 saturated heterocycles. The molecule has 0 aliphatic carbocycles. The van der Waals surface area contributed by atoms with E-state index in [2.05, 4.69) is 16.0 Å². The Hall–Kier alpha value is -2.40. The fourth-order valence-electron chi connectivity index (χ4n) is 2.68. The van der Waals surface area contributed by atoms with E-state index in [1.54, 1.807) is 32.4 Å². The minimum Gasteiger partial charge on any atom is -0.496 e. The molecule has 2 aromatic carbocycles. The smallest absolute Gasteiger partial charge is 0.129 e. The van der Waals surface area contributed by atoms with Crippen molar-refractivity contribution in [1.29, 1.82) is 0 Å². The van der Waals surface area contributed by atoms with Crippen LogP contribution in [0, 0.1) is 12.7 Å². The average Bonchev–Trinajstić information content (AvgIpc) is 2.63. The molecule has 0 atom stereocenters. The molecule has 0 N–H and O–H groups in total. The summed E-state index contributed by atoms with van der Waals surface area (Å²) in [6.45, 7) is 4.98. The fourth-order valence-corrected chi connectivity index (χ4v) is 2.68. The second-order valence-corrected chi connectivity index (χ2v) is 5.72. The van der Waals surface area contributed by atoms with Gasteiger partial charge in [-0.15, -0.1) is 0 Å². The van der Waals surface area contributed by atoms with E-state index in [0.717, 1.165) is 43.3 Å². The van der Waals surface area contributed by atoms with Gasteiger partial charge >= 0.3 is 0 Å². The minimum absolute atomic E-state index is 0.221. The first-order valence-corrected chi connectivity index (χ1v) is 7.98. The summed E-state index contributed by atoms with van der Waals surface area (Å²) in [4.78, 5) is 6.70. The van der Waals surface area contributed by atoms with Crippen LogP contribution in [0.2, 0.25) is 0 Å². The molecule has 126 valence electrons. The molecule has 1 heterocycles. The third-order valence-electron chi connectivity index (χ3n) is 4.09. The number of rotatable bonds is 4. The number of methoxy groups -OCH3 is 1. The summed E-state index contributed by atoms with van der Waals surface area (Å²) in [6, 6.07) is 10.9. The molecular weight excluding hydrogens is 307 g/mol. The number of morpholine rings is 1. The van der Waals surface area contributed by atoms with Gasteiger partial charge < -0.3 is 14.4 Å². The van der Waals surface area contributed by atoms with Gasteiger partial charge in [-0.05, 0) is 42.8 Å². The largest absolute Gasteiger partial charge is 0.496 e. The van der Waals surface area contributed by atoms with Crippen LogP contribution < -0.4 is 9.64 Å². The van der Waals surface area contributed by atoms with Crippen LogP contribution in [0.1, 0.15) is 11.1 Å². The Labute approximate surface area is 141 Å². The predicted molar refractivity (Wildman–Crippen MR) is 94.4 cm³/mol. The Morgan fingerprint density at radius 1 is 1.17 bits per heavy atom. The van der Waals surface area contributed by atoms with Crippen molar-refractivity contribution >= 4 is 17.6 Å². The lowest BCUT2D eigenvalue weighted by molar-refractivity contribution is 0.122. The molecule has 0 aromatic heterocycles. The van der Waals surface area contributed by atoms with E-state index in [4.69, 9.17) is 9.47 Å². The number of halogens is 1. The summed E-state index contributed by atoms with van der Waals surface area (Å²) in [7, 11) is 1.65. The first-order chi connectivity index (χ1) is 11.7. The molecule has 0 amide bonds. The maximum atomic E-state index is 13.3. The lowest BCUT2D eigenvalue weighted by Crippen LogP contribution is -2.36. The lowest BCUT2D eigenvalue weighted by atomic mass is 10.1. The monoisotopic (exact) mass is 328 g/mol. The highest BCUT2D eigenvalue weighted by atomic mass is 19.1. The molecule has 24 heavy (non-hydrogen) atoms. The van der Waals surface area contributed by atoms with Gasteiger partial charge in [0.05, 0.1) is 26.0 Å². The van der Waals surface area contributed by atoms with Crippen LogP contribution in [0.3, 0.4) is 0 Å². The van der Waals surface area contributed by atoms with Crippen LogP contribution in [0.4, 0.5) is 15.8 Å². The fraction of sp³-hybridized carbons (Fsp3) is 0.316. The van der Waals surface area contributed by atoms with Gasteiger partial charge in [-0.2, -0.15) is 0 Å². The van der Waals surface area contributed by atoms with Crippen LogP contribution in [0.15, 0.2) is 41.4 Å². The molecule has 1 fully saturated rings. The number of ether oxygens (including phenoxy) is 2. The van der Waals surface area contributed by atoms with Crippen molar-refractivity contribution in [3.63, 3.8) is 0 Å². The topological polar surface area (TPSA) is 34.1 Å². The van der Waals surface area contributed by atoms with E-state index in [-0.39, 0.29) is 5.82 Å². The maximum absolute atomic E-state index is 13.3. The van der Waals surface area contributed by atoms with Crippen LogP contribution in [0.5, 0.6) is 5.75 Å². The van der Waals surface area contributed by atoms with E-state index in [0.29, 0.717) is 11.3 Å². The number of hydrogen-bond acceptors (Lipinski definition) is 4. The summed E-state index contributed by atoms with van der Waals surface area (Å²) in [5.41, 5.74) is 3.30.